The number of nitro groups is 1. The van der Waals surface area contributed by atoms with Crippen LogP contribution in [0.25, 0.3) is 0 Å². The molecule has 1 fully saturated rings. The number of carbonyl (C=O) groups is 3. The van der Waals surface area contributed by atoms with Crippen molar-refractivity contribution in [2.75, 3.05) is 12.3 Å². The van der Waals surface area contributed by atoms with Crippen LogP contribution in [-0.2, 0) is 9.59 Å². The van der Waals surface area contributed by atoms with Gasteiger partial charge in [-0.05, 0) is 19.1 Å². The largest absolute Gasteiger partial charge is 0.393 e. The first-order chi connectivity index (χ1) is 9.81. The maximum absolute atomic E-state index is 12.3. The summed E-state index contributed by atoms with van der Waals surface area (Å²) in [6, 6.07) is 2.69. The Morgan fingerprint density at radius 3 is 2.71 bits per heavy atom. The van der Waals surface area contributed by atoms with Crippen molar-refractivity contribution in [2.24, 2.45) is 0 Å². The number of nitrogen functional groups attached to an aromatic ring is 1. The number of imide groups is 1. The van der Waals surface area contributed by atoms with E-state index in [1.54, 1.807) is 0 Å². The zero-order valence-corrected chi connectivity index (χ0v) is 11.0. The number of hydrogen-bond acceptors (Lipinski definition) is 6. The Morgan fingerprint density at radius 1 is 1.48 bits per heavy atom. The van der Waals surface area contributed by atoms with Gasteiger partial charge in [-0.1, -0.05) is 0 Å². The summed E-state index contributed by atoms with van der Waals surface area (Å²) in [6.07, 6.45) is 0. The molecular weight excluding hydrogens is 280 g/mol. The lowest BCUT2D eigenvalue weighted by molar-refractivity contribution is -0.383. The second-order valence-corrected chi connectivity index (χ2v) is 4.55. The Labute approximate surface area is 118 Å². The maximum atomic E-state index is 12.3. The van der Waals surface area contributed by atoms with E-state index in [1.165, 1.54) is 13.0 Å². The molecule has 1 aliphatic heterocycles. The molecule has 2 rings (SSSR count). The topological polar surface area (TPSA) is 136 Å². The van der Waals surface area contributed by atoms with Gasteiger partial charge in [0, 0.05) is 11.6 Å². The van der Waals surface area contributed by atoms with Crippen LogP contribution >= 0.6 is 0 Å². The molecule has 0 radical (unpaired) electrons. The van der Waals surface area contributed by atoms with Gasteiger partial charge in [0.1, 0.15) is 18.3 Å². The van der Waals surface area contributed by atoms with Crippen molar-refractivity contribution in [3.8, 4) is 0 Å². The van der Waals surface area contributed by atoms with Crippen molar-refractivity contribution >= 4 is 29.1 Å². The van der Waals surface area contributed by atoms with E-state index in [2.05, 4.69) is 5.32 Å². The molecule has 0 bridgehead atoms. The molecule has 9 heteroatoms. The molecule has 1 unspecified atom stereocenters. The normalized spacial score (nSPS) is 18.3. The number of carbonyl (C=O) groups excluding carboxylic acids is 3. The third-order valence-electron chi connectivity index (χ3n) is 3.16. The number of nitrogens with zero attached hydrogens (tertiary/aromatic N) is 2. The molecule has 0 aliphatic carbocycles. The minimum absolute atomic E-state index is 0.0763. The number of rotatable bonds is 2. The average molecular weight is 292 g/mol. The van der Waals surface area contributed by atoms with E-state index in [0.29, 0.717) is 0 Å². The van der Waals surface area contributed by atoms with Crippen LogP contribution in [-0.4, -0.2) is 40.1 Å². The van der Waals surface area contributed by atoms with Gasteiger partial charge in [-0.25, -0.2) is 0 Å². The zero-order valence-electron chi connectivity index (χ0n) is 11.0. The monoisotopic (exact) mass is 292 g/mol. The third-order valence-corrected chi connectivity index (χ3v) is 3.16. The number of anilines is 1. The first-order valence-corrected chi connectivity index (χ1v) is 6.00. The van der Waals surface area contributed by atoms with E-state index in [1.807, 2.05) is 0 Å². The molecule has 9 nitrogen and oxygen atoms in total. The number of nitrogens with one attached hydrogen (secondary N) is 1. The van der Waals surface area contributed by atoms with Crippen molar-refractivity contribution in [3.05, 3.63) is 33.9 Å². The fourth-order valence-electron chi connectivity index (χ4n) is 1.98. The van der Waals surface area contributed by atoms with Gasteiger partial charge in [0.25, 0.3) is 11.6 Å². The molecule has 1 aromatic rings. The lowest BCUT2D eigenvalue weighted by atomic mass is 10.1. The standard InChI is InChI=1S/C12H12N4O5/c1-6-11(18)14-10(17)5-15(6)12(19)7-2-3-9(16(20)21)8(13)4-7/h2-4,6H,5,13H2,1H3,(H,14,17,18). The van der Waals surface area contributed by atoms with E-state index in [4.69, 9.17) is 5.73 Å². The van der Waals surface area contributed by atoms with Gasteiger partial charge >= 0.3 is 0 Å². The Bertz CT molecular complexity index is 657. The molecule has 1 aromatic carbocycles. The summed E-state index contributed by atoms with van der Waals surface area (Å²) in [5, 5.41) is 12.8. The highest BCUT2D eigenvalue weighted by molar-refractivity contribution is 6.07. The fraction of sp³-hybridized carbons (Fsp3) is 0.250. The lowest BCUT2D eigenvalue weighted by Gasteiger charge is -2.31. The van der Waals surface area contributed by atoms with Crippen molar-refractivity contribution in [1.82, 2.24) is 10.2 Å². The summed E-state index contributed by atoms with van der Waals surface area (Å²) in [6.45, 7) is 1.22. The molecule has 21 heavy (non-hydrogen) atoms. The molecule has 1 atom stereocenters. The van der Waals surface area contributed by atoms with Gasteiger partial charge in [0.05, 0.1) is 4.92 Å². The van der Waals surface area contributed by atoms with Crippen LogP contribution in [0.1, 0.15) is 17.3 Å². The number of nitrogens with two attached hydrogens (primary N) is 1. The summed E-state index contributed by atoms with van der Waals surface area (Å²) in [4.78, 5) is 46.3. The highest BCUT2D eigenvalue weighted by Gasteiger charge is 2.34. The number of benzene rings is 1. The lowest BCUT2D eigenvalue weighted by Crippen LogP contribution is -2.58. The van der Waals surface area contributed by atoms with Crippen molar-refractivity contribution in [1.29, 1.82) is 0 Å². The first-order valence-electron chi connectivity index (χ1n) is 6.00. The van der Waals surface area contributed by atoms with Gasteiger partial charge in [-0.15, -0.1) is 0 Å². The Balaban J connectivity index is 2.31. The Morgan fingerprint density at radius 2 is 2.14 bits per heavy atom. The van der Waals surface area contributed by atoms with Crippen LogP contribution in [0.5, 0.6) is 0 Å². The number of hydrogen-bond donors (Lipinski definition) is 2. The summed E-state index contributed by atoms with van der Waals surface area (Å²) < 4.78 is 0. The molecule has 1 heterocycles. The smallest absolute Gasteiger partial charge is 0.292 e. The van der Waals surface area contributed by atoms with E-state index >= 15 is 0 Å². The highest BCUT2D eigenvalue weighted by atomic mass is 16.6. The third kappa shape index (κ3) is 2.66. The maximum Gasteiger partial charge on any atom is 0.292 e. The summed E-state index contributed by atoms with van der Waals surface area (Å²) >= 11 is 0. The average Bonchev–Trinajstić information content (AvgIpc) is 2.41. The van der Waals surface area contributed by atoms with Crippen LogP contribution < -0.4 is 11.1 Å². The van der Waals surface area contributed by atoms with Gasteiger partial charge in [0.15, 0.2) is 0 Å². The minimum Gasteiger partial charge on any atom is -0.393 e. The van der Waals surface area contributed by atoms with Crippen LogP contribution in [0.3, 0.4) is 0 Å². The van der Waals surface area contributed by atoms with E-state index in [0.717, 1.165) is 17.0 Å². The van der Waals surface area contributed by atoms with Gasteiger partial charge < -0.3 is 10.6 Å². The van der Waals surface area contributed by atoms with Crippen LogP contribution in [0.2, 0.25) is 0 Å². The molecule has 1 saturated heterocycles. The summed E-state index contributed by atoms with van der Waals surface area (Å²) in [7, 11) is 0. The van der Waals surface area contributed by atoms with Crippen LogP contribution in [0.4, 0.5) is 11.4 Å². The van der Waals surface area contributed by atoms with E-state index < -0.39 is 28.7 Å². The Hall–Kier alpha value is -2.97. The number of piperazine rings is 1. The molecule has 110 valence electrons. The SMILES string of the molecule is CC1C(=O)NC(=O)CN1C(=O)c1ccc([N+](=O)[O-])c(N)c1. The molecule has 0 saturated carbocycles. The highest BCUT2D eigenvalue weighted by Crippen LogP contribution is 2.23. The number of amides is 3. The molecule has 1 aliphatic rings. The summed E-state index contributed by atoms with van der Waals surface area (Å²) in [5.41, 5.74) is 5.12. The van der Waals surface area contributed by atoms with Crippen molar-refractivity contribution in [2.45, 2.75) is 13.0 Å². The molecular formula is C12H12N4O5. The van der Waals surface area contributed by atoms with Crippen LogP contribution in [0, 0.1) is 10.1 Å². The van der Waals surface area contributed by atoms with Gasteiger partial charge in [0.2, 0.25) is 11.8 Å². The predicted octanol–water partition coefficient (Wildman–Crippen LogP) is -0.336. The molecule has 0 spiro atoms. The summed E-state index contributed by atoms with van der Waals surface area (Å²) in [5.74, 6) is -1.75. The second kappa shape index (κ2) is 5.19. The molecule has 3 N–H and O–H groups in total. The predicted molar refractivity (Wildman–Crippen MR) is 71.2 cm³/mol. The quantitative estimate of drug-likeness (QED) is 0.331. The van der Waals surface area contributed by atoms with Crippen molar-refractivity contribution < 1.29 is 19.3 Å². The molecule has 3 amide bonds. The van der Waals surface area contributed by atoms with Crippen LogP contribution in [0.15, 0.2) is 18.2 Å². The van der Waals surface area contributed by atoms with Gasteiger partial charge in [-0.3, -0.25) is 29.8 Å². The fourth-order valence-corrected chi connectivity index (χ4v) is 1.98. The van der Waals surface area contributed by atoms with E-state index in [9.17, 15) is 24.5 Å². The molecule has 0 aromatic heterocycles. The Kier molecular flexibility index (Phi) is 3.57. The van der Waals surface area contributed by atoms with Gasteiger partial charge in [-0.2, -0.15) is 0 Å². The first kappa shape index (κ1) is 14.4. The van der Waals surface area contributed by atoms with E-state index in [-0.39, 0.29) is 23.5 Å². The number of nitro benzene ring substituents is 1. The second-order valence-electron chi connectivity index (χ2n) is 4.55. The van der Waals surface area contributed by atoms with Crippen molar-refractivity contribution in [3.63, 3.8) is 0 Å². The minimum atomic E-state index is -0.813. The zero-order chi connectivity index (χ0) is 15.7.